The molecule has 1 atom stereocenters. The largest absolute Gasteiger partial charge is 0.312 e. The zero-order valence-corrected chi connectivity index (χ0v) is 10.9. The van der Waals surface area contributed by atoms with Gasteiger partial charge in [-0.2, -0.15) is 0 Å². The first kappa shape index (κ1) is 11.7. The summed E-state index contributed by atoms with van der Waals surface area (Å²) in [7, 11) is 1.95. The first-order chi connectivity index (χ1) is 8.79. The number of nitrogens with one attached hydrogen (secondary N) is 1. The Balaban J connectivity index is 2.05. The standard InChI is InChI=1S/C13H14FN3S/c1-15-10-3-2-4-11-12(10)17-13(18-11)8-5-6-16-7-9(8)14/h5-7,10,15H,2-4H2,1H3. The number of aromatic nitrogens is 2. The molecule has 1 aliphatic rings. The minimum Gasteiger partial charge on any atom is -0.312 e. The lowest BCUT2D eigenvalue weighted by atomic mass is 9.98. The molecule has 0 fully saturated rings. The summed E-state index contributed by atoms with van der Waals surface area (Å²) in [5, 5.41) is 4.04. The van der Waals surface area contributed by atoms with Gasteiger partial charge in [0.1, 0.15) is 5.01 Å². The van der Waals surface area contributed by atoms with E-state index in [1.54, 1.807) is 23.6 Å². The van der Waals surface area contributed by atoms with E-state index in [9.17, 15) is 4.39 Å². The van der Waals surface area contributed by atoms with E-state index in [0.717, 1.165) is 23.5 Å². The zero-order chi connectivity index (χ0) is 12.5. The smallest absolute Gasteiger partial charge is 0.151 e. The molecule has 2 aromatic heterocycles. The number of rotatable bonds is 2. The number of halogens is 1. The molecule has 3 nitrogen and oxygen atoms in total. The summed E-state index contributed by atoms with van der Waals surface area (Å²) >= 11 is 1.60. The molecule has 1 unspecified atom stereocenters. The van der Waals surface area contributed by atoms with Gasteiger partial charge in [-0.3, -0.25) is 4.98 Å². The minimum atomic E-state index is -0.301. The van der Waals surface area contributed by atoms with Crippen molar-refractivity contribution in [3.63, 3.8) is 0 Å². The van der Waals surface area contributed by atoms with Crippen LogP contribution in [-0.2, 0) is 6.42 Å². The lowest BCUT2D eigenvalue weighted by molar-refractivity contribution is 0.490. The topological polar surface area (TPSA) is 37.8 Å². The SMILES string of the molecule is CNC1CCCc2sc(-c3ccncc3F)nc21. The lowest BCUT2D eigenvalue weighted by Gasteiger charge is -2.19. The predicted molar refractivity (Wildman–Crippen MR) is 70.0 cm³/mol. The van der Waals surface area contributed by atoms with E-state index in [4.69, 9.17) is 0 Å². The second kappa shape index (κ2) is 4.74. The van der Waals surface area contributed by atoms with Crippen LogP contribution in [0.3, 0.4) is 0 Å². The summed E-state index contributed by atoms with van der Waals surface area (Å²) in [6.07, 6.45) is 6.17. The molecule has 0 spiro atoms. The monoisotopic (exact) mass is 263 g/mol. The third kappa shape index (κ3) is 1.93. The lowest BCUT2D eigenvalue weighted by Crippen LogP contribution is -2.21. The fourth-order valence-electron chi connectivity index (χ4n) is 2.36. The Morgan fingerprint density at radius 3 is 3.17 bits per heavy atom. The van der Waals surface area contributed by atoms with Crippen molar-refractivity contribution in [2.24, 2.45) is 0 Å². The van der Waals surface area contributed by atoms with Crippen LogP contribution in [0.25, 0.3) is 10.6 Å². The minimum absolute atomic E-state index is 0.301. The average Bonchev–Trinajstić information content (AvgIpc) is 2.82. The predicted octanol–water partition coefficient (Wildman–Crippen LogP) is 2.94. The van der Waals surface area contributed by atoms with Crippen LogP contribution >= 0.6 is 11.3 Å². The van der Waals surface area contributed by atoms with E-state index in [2.05, 4.69) is 15.3 Å². The summed E-state index contributed by atoms with van der Waals surface area (Å²) in [5.74, 6) is -0.301. The van der Waals surface area contributed by atoms with Crippen molar-refractivity contribution in [2.45, 2.75) is 25.3 Å². The second-order valence-electron chi connectivity index (χ2n) is 4.42. The Hall–Kier alpha value is -1.33. The summed E-state index contributed by atoms with van der Waals surface area (Å²) in [6.45, 7) is 0. The number of thiazole rings is 1. The molecule has 2 heterocycles. The maximum Gasteiger partial charge on any atom is 0.151 e. The van der Waals surface area contributed by atoms with Crippen molar-refractivity contribution in [1.82, 2.24) is 15.3 Å². The Kier molecular flexibility index (Phi) is 3.09. The normalized spacial score (nSPS) is 18.7. The van der Waals surface area contributed by atoms with Gasteiger partial charge >= 0.3 is 0 Å². The first-order valence-corrected chi connectivity index (χ1v) is 6.88. The molecule has 0 saturated carbocycles. The van der Waals surface area contributed by atoms with E-state index in [1.807, 2.05) is 7.05 Å². The number of hydrogen-bond acceptors (Lipinski definition) is 4. The summed E-state index contributed by atoms with van der Waals surface area (Å²) in [5.41, 5.74) is 1.65. The fourth-order valence-corrected chi connectivity index (χ4v) is 3.56. The number of pyridine rings is 1. The van der Waals surface area contributed by atoms with Crippen molar-refractivity contribution in [3.05, 3.63) is 34.8 Å². The fraction of sp³-hybridized carbons (Fsp3) is 0.385. The van der Waals surface area contributed by atoms with Crippen LogP contribution in [0.5, 0.6) is 0 Å². The summed E-state index contributed by atoms with van der Waals surface area (Å²) < 4.78 is 13.7. The summed E-state index contributed by atoms with van der Waals surface area (Å²) in [4.78, 5) is 9.68. The Morgan fingerprint density at radius 1 is 1.50 bits per heavy atom. The van der Waals surface area contributed by atoms with E-state index in [-0.39, 0.29) is 5.82 Å². The van der Waals surface area contributed by atoms with Gasteiger partial charge in [-0.15, -0.1) is 11.3 Å². The van der Waals surface area contributed by atoms with Gasteiger partial charge in [0.25, 0.3) is 0 Å². The Labute approximate surface area is 109 Å². The van der Waals surface area contributed by atoms with Crippen LogP contribution in [0.4, 0.5) is 4.39 Å². The highest BCUT2D eigenvalue weighted by atomic mass is 32.1. The molecule has 0 aliphatic heterocycles. The zero-order valence-electron chi connectivity index (χ0n) is 10.1. The molecule has 1 N–H and O–H groups in total. The highest BCUT2D eigenvalue weighted by Gasteiger charge is 2.24. The number of aryl methyl sites for hydroxylation is 1. The molecule has 5 heteroatoms. The van der Waals surface area contributed by atoms with Crippen molar-refractivity contribution in [3.8, 4) is 10.6 Å². The van der Waals surface area contributed by atoms with Crippen molar-refractivity contribution in [1.29, 1.82) is 0 Å². The van der Waals surface area contributed by atoms with Crippen molar-refractivity contribution in [2.75, 3.05) is 7.05 Å². The van der Waals surface area contributed by atoms with Crippen LogP contribution in [0.1, 0.15) is 29.5 Å². The van der Waals surface area contributed by atoms with E-state index < -0.39 is 0 Å². The van der Waals surface area contributed by atoms with Crippen LogP contribution in [-0.4, -0.2) is 17.0 Å². The molecule has 94 valence electrons. The molecule has 0 bridgehead atoms. The van der Waals surface area contributed by atoms with Gasteiger partial charge in [-0.25, -0.2) is 9.37 Å². The van der Waals surface area contributed by atoms with E-state index >= 15 is 0 Å². The summed E-state index contributed by atoms with van der Waals surface area (Å²) in [6, 6.07) is 2.00. The molecular formula is C13H14FN3S. The van der Waals surface area contributed by atoms with E-state index in [1.165, 1.54) is 17.5 Å². The van der Waals surface area contributed by atoms with Gasteiger partial charge < -0.3 is 5.32 Å². The number of nitrogens with zero attached hydrogens (tertiary/aromatic N) is 2. The van der Waals surface area contributed by atoms with Crippen LogP contribution < -0.4 is 5.32 Å². The average molecular weight is 263 g/mol. The van der Waals surface area contributed by atoms with Gasteiger partial charge in [-0.1, -0.05) is 0 Å². The molecule has 0 saturated heterocycles. The van der Waals surface area contributed by atoms with Crippen LogP contribution in [0, 0.1) is 5.82 Å². The second-order valence-corrected chi connectivity index (χ2v) is 5.50. The maximum atomic E-state index is 13.7. The Morgan fingerprint density at radius 2 is 2.39 bits per heavy atom. The molecule has 2 aromatic rings. The van der Waals surface area contributed by atoms with Crippen molar-refractivity contribution < 1.29 is 4.39 Å². The van der Waals surface area contributed by atoms with Crippen LogP contribution in [0.2, 0.25) is 0 Å². The van der Waals surface area contributed by atoms with Gasteiger partial charge in [0.15, 0.2) is 5.82 Å². The van der Waals surface area contributed by atoms with Crippen LogP contribution in [0.15, 0.2) is 18.5 Å². The molecule has 3 rings (SSSR count). The number of fused-ring (bicyclic) bond motifs is 1. The third-order valence-electron chi connectivity index (χ3n) is 3.31. The van der Waals surface area contributed by atoms with Gasteiger partial charge in [0.2, 0.25) is 0 Å². The molecule has 18 heavy (non-hydrogen) atoms. The number of hydrogen-bond donors (Lipinski definition) is 1. The Bertz CT molecular complexity index is 567. The third-order valence-corrected chi connectivity index (χ3v) is 4.47. The van der Waals surface area contributed by atoms with Gasteiger partial charge in [0, 0.05) is 16.6 Å². The quantitative estimate of drug-likeness (QED) is 0.905. The van der Waals surface area contributed by atoms with Crippen molar-refractivity contribution >= 4 is 11.3 Å². The molecule has 1 aliphatic carbocycles. The van der Waals surface area contributed by atoms with Gasteiger partial charge in [-0.05, 0) is 32.4 Å². The highest BCUT2D eigenvalue weighted by molar-refractivity contribution is 7.15. The first-order valence-electron chi connectivity index (χ1n) is 6.06. The molecular weight excluding hydrogens is 249 g/mol. The highest BCUT2D eigenvalue weighted by Crippen LogP contribution is 2.37. The molecule has 0 aromatic carbocycles. The maximum absolute atomic E-state index is 13.7. The van der Waals surface area contributed by atoms with E-state index in [0.29, 0.717) is 11.6 Å². The molecule has 0 radical (unpaired) electrons. The molecule has 0 amide bonds. The van der Waals surface area contributed by atoms with Gasteiger partial charge in [0.05, 0.1) is 17.9 Å².